The Morgan fingerprint density at radius 2 is 2.03 bits per heavy atom. The monoisotopic (exact) mass is 489 g/mol. The number of anilines is 1. The van der Waals surface area contributed by atoms with E-state index in [2.05, 4.69) is 16.7 Å². The molecule has 1 heterocycles. The van der Waals surface area contributed by atoms with Gasteiger partial charge in [-0.05, 0) is 67.5 Å². The van der Waals surface area contributed by atoms with Gasteiger partial charge in [-0.2, -0.15) is 5.26 Å². The first kappa shape index (κ1) is 25.2. The first-order valence-corrected chi connectivity index (χ1v) is 12.4. The number of benzene rings is 2. The summed E-state index contributed by atoms with van der Waals surface area (Å²) >= 11 is 0. The van der Waals surface area contributed by atoms with Crippen molar-refractivity contribution in [1.82, 2.24) is 5.32 Å². The zero-order chi connectivity index (χ0) is 25.9. The van der Waals surface area contributed by atoms with E-state index >= 15 is 0 Å². The van der Waals surface area contributed by atoms with Crippen molar-refractivity contribution >= 4 is 23.5 Å². The summed E-state index contributed by atoms with van der Waals surface area (Å²) in [5.41, 5.74) is 2.78. The molecule has 2 aromatic carbocycles. The minimum absolute atomic E-state index is 0.0289. The van der Waals surface area contributed by atoms with Crippen molar-refractivity contribution in [3.8, 4) is 11.8 Å². The Morgan fingerprint density at radius 3 is 2.75 bits per heavy atom. The van der Waals surface area contributed by atoms with Crippen LogP contribution in [0.3, 0.4) is 0 Å². The number of amides is 2. The number of nitrogens with one attached hydrogen (secondary N) is 2. The number of carbonyl (C=O) groups excluding carboxylic acids is 2. The first-order chi connectivity index (χ1) is 17.3. The second-order valence-corrected chi connectivity index (χ2v) is 9.59. The summed E-state index contributed by atoms with van der Waals surface area (Å²) < 4.78 is 5.88. The highest BCUT2D eigenvalue weighted by molar-refractivity contribution is 5.98. The summed E-state index contributed by atoms with van der Waals surface area (Å²) in [4.78, 5) is 37.1. The van der Waals surface area contributed by atoms with Crippen LogP contribution in [-0.4, -0.2) is 36.0 Å². The fourth-order valence-corrected chi connectivity index (χ4v) is 5.47. The number of rotatable bonds is 9. The number of carboxylic acids is 1. The molecular formula is C28H31N3O5. The SMILES string of the molecule is CCCNC(=O)c1ccc2c(c1)[C@]1(CCO2)C(C)C1C(=O)Nc1cc(C#N)ccc1CCCC(=O)O. The molecule has 1 fully saturated rings. The maximum Gasteiger partial charge on any atom is 0.303 e. The van der Waals surface area contributed by atoms with Crippen LogP contribution in [0, 0.1) is 23.2 Å². The van der Waals surface area contributed by atoms with Crippen LogP contribution in [-0.2, 0) is 21.4 Å². The maximum absolute atomic E-state index is 13.6. The normalized spacial score (nSPS) is 21.6. The molecule has 36 heavy (non-hydrogen) atoms. The summed E-state index contributed by atoms with van der Waals surface area (Å²) in [5, 5.41) is 24.2. The average molecular weight is 490 g/mol. The van der Waals surface area contributed by atoms with E-state index in [1.54, 1.807) is 24.3 Å². The Labute approximate surface area is 210 Å². The van der Waals surface area contributed by atoms with Crippen molar-refractivity contribution in [2.45, 2.75) is 51.4 Å². The fourth-order valence-electron chi connectivity index (χ4n) is 5.47. The van der Waals surface area contributed by atoms with Gasteiger partial charge in [-0.1, -0.05) is 19.9 Å². The van der Waals surface area contributed by atoms with Crippen LogP contribution >= 0.6 is 0 Å². The molecule has 3 N–H and O–H groups in total. The van der Waals surface area contributed by atoms with E-state index in [0.717, 1.165) is 17.5 Å². The molecule has 2 amide bonds. The van der Waals surface area contributed by atoms with Crippen molar-refractivity contribution in [1.29, 1.82) is 5.26 Å². The standard InChI is InChI=1S/C28H31N3O5/c1-3-12-30-26(34)20-9-10-23-21(15-20)28(11-13-36-23)17(2)25(28)27(35)31-22-14-18(16-29)7-8-19(22)5-4-6-24(32)33/h7-10,14-15,17,25H,3-6,11-13H2,1-2H3,(H,30,34)(H,31,35)(H,32,33)/t17?,25?,28-/m0/s1. The third kappa shape index (κ3) is 4.78. The highest BCUT2D eigenvalue weighted by Crippen LogP contribution is 2.65. The number of aryl methyl sites for hydroxylation is 1. The molecule has 2 aromatic rings. The molecular weight excluding hydrogens is 458 g/mol. The second-order valence-electron chi connectivity index (χ2n) is 9.59. The van der Waals surface area contributed by atoms with Gasteiger partial charge in [0.2, 0.25) is 5.91 Å². The number of carboxylic acid groups (broad SMARTS) is 1. The molecule has 0 bridgehead atoms. The Balaban J connectivity index is 1.58. The van der Waals surface area contributed by atoms with Crippen LogP contribution in [0.25, 0.3) is 0 Å². The number of hydrogen-bond donors (Lipinski definition) is 3. The van der Waals surface area contributed by atoms with E-state index in [0.29, 0.717) is 55.0 Å². The number of nitriles is 1. The highest BCUT2D eigenvalue weighted by Gasteiger charge is 2.67. The van der Waals surface area contributed by atoms with E-state index in [1.165, 1.54) is 0 Å². The molecule has 1 aliphatic carbocycles. The Morgan fingerprint density at radius 1 is 1.22 bits per heavy atom. The minimum Gasteiger partial charge on any atom is -0.493 e. The molecule has 8 heteroatoms. The quantitative estimate of drug-likeness (QED) is 0.488. The number of aliphatic carboxylic acids is 1. The van der Waals surface area contributed by atoms with E-state index in [4.69, 9.17) is 9.84 Å². The lowest BCUT2D eigenvalue weighted by Crippen LogP contribution is -2.29. The van der Waals surface area contributed by atoms with Gasteiger partial charge in [-0.3, -0.25) is 14.4 Å². The molecule has 0 saturated heterocycles. The third-order valence-electron chi connectivity index (χ3n) is 7.43. The van der Waals surface area contributed by atoms with E-state index in [1.807, 2.05) is 26.0 Å². The smallest absolute Gasteiger partial charge is 0.303 e. The van der Waals surface area contributed by atoms with Gasteiger partial charge in [0, 0.05) is 35.2 Å². The topological polar surface area (TPSA) is 129 Å². The van der Waals surface area contributed by atoms with Crippen molar-refractivity contribution < 1.29 is 24.2 Å². The van der Waals surface area contributed by atoms with Crippen LogP contribution in [0.2, 0.25) is 0 Å². The van der Waals surface area contributed by atoms with Crippen LogP contribution in [0.1, 0.15) is 66.6 Å². The molecule has 1 saturated carbocycles. The maximum atomic E-state index is 13.6. The summed E-state index contributed by atoms with van der Waals surface area (Å²) in [7, 11) is 0. The zero-order valence-corrected chi connectivity index (χ0v) is 20.6. The predicted molar refractivity (Wildman–Crippen MR) is 134 cm³/mol. The molecule has 0 radical (unpaired) electrons. The summed E-state index contributed by atoms with van der Waals surface area (Å²) in [6.07, 6.45) is 2.45. The molecule has 2 unspecified atom stereocenters. The van der Waals surface area contributed by atoms with Gasteiger partial charge in [0.05, 0.1) is 24.2 Å². The van der Waals surface area contributed by atoms with Gasteiger partial charge in [0.15, 0.2) is 0 Å². The lowest BCUT2D eigenvalue weighted by molar-refractivity contribution is -0.137. The van der Waals surface area contributed by atoms with Gasteiger partial charge in [0.25, 0.3) is 5.91 Å². The zero-order valence-electron chi connectivity index (χ0n) is 20.6. The lowest BCUT2D eigenvalue weighted by atomic mass is 9.85. The molecule has 8 nitrogen and oxygen atoms in total. The van der Waals surface area contributed by atoms with E-state index < -0.39 is 11.4 Å². The second kappa shape index (κ2) is 10.4. The fraction of sp³-hybridized carbons (Fsp3) is 0.429. The molecule has 1 aliphatic heterocycles. The van der Waals surface area contributed by atoms with Crippen molar-refractivity contribution in [2.24, 2.45) is 11.8 Å². The number of ether oxygens (including phenoxy) is 1. The van der Waals surface area contributed by atoms with Crippen LogP contribution < -0.4 is 15.4 Å². The van der Waals surface area contributed by atoms with E-state index in [9.17, 15) is 19.6 Å². The Hall–Kier alpha value is -3.86. The summed E-state index contributed by atoms with van der Waals surface area (Å²) in [5.74, 6) is -0.727. The Bertz CT molecular complexity index is 1230. The molecule has 0 aromatic heterocycles. The number of hydrogen-bond acceptors (Lipinski definition) is 5. The van der Waals surface area contributed by atoms with Gasteiger partial charge in [-0.15, -0.1) is 0 Å². The summed E-state index contributed by atoms with van der Waals surface area (Å²) in [6, 6.07) is 12.6. The van der Waals surface area contributed by atoms with Crippen LogP contribution in [0.4, 0.5) is 5.69 Å². The first-order valence-electron chi connectivity index (χ1n) is 12.4. The molecule has 4 rings (SSSR count). The Kier molecular flexibility index (Phi) is 7.30. The molecule has 1 spiro atoms. The van der Waals surface area contributed by atoms with Gasteiger partial charge in [-0.25, -0.2) is 0 Å². The van der Waals surface area contributed by atoms with E-state index in [-0.39, 0.29) is 30.1 Å². The number of carbonyl (C=O) groups is 3. The van der Waals surface area contributed by atoms with Gasteiger partial charge < -0.3 is 20.5 Å². The predicted octanol–water partition coefficient (Wildman–Crippen LogP) is 4.03. The van der Waals surface area contributed by atoms with Gasteiger partial charge in [0.1, 0.15) is 5.75 Å². The van der Waals surface area contributed by atoms with Crippen LogP contribution in [0.15, 0.2) is 36.4 Å². The highest BCUT2D eigenvalue weighted by atomic mass is 16.5. The third-order valence-corrected chi connectivity index (χ3v) is 7.43. The number of fused-ring (bicyclic) bond motifs is 2. The van der Waals surface area contributed by atoms with Crippen molar-refractivity contribution in [3.05, 3.63) is 58.7 Å². The lowest BCUT2D eigenvalue weighted by Gasteiger charge is -2.28. The van der Waals surface area contributed by atoms with Gasteiger partial charge >= 0.3 is 5.97 Å². The summed E-state index contributed by atoms with van der Waals surface area (Å²) in [6.45, 7) is 5.12. The van der Waals surface area contributed by atoms with Crippen molar-refractivity contribution in [3.63, 3.8) is 0 Å². The molecule has 188 valence electrons. The van der Waals surface area contributed by atoms with Crippen LogP contribution in [0.5, 0.6) is 5.75 Å². The number of nitrogens with zero attached hydrogens (tertiary/aromatic N) is 1. The average Bonchev–Trinajstić information content (AvgIpc) is 3.46. The largest absolute Gasteiger partial charge is 0.493 e. The molecule has 2 aliphatic rings. The van der Waals surface area contributed by atoms with Crippen molar-refractivity contribution in [2.75, 3.05) is 18.5 Å². The minimum atomic E-state index is -0.871. The molecule has 3 atom stereocenters.